The van der Waals surface area contributed by atoms with Crippen molar-refractivity contribution in [3.05, 3.63) is 18.0 Å². The number of carbonyl (C=O) groups excluding carboxylic acids is 1. The molecule has 1 fully saturated rings. The molecule has 1 aliphatic rings. The molecule has 20 heavy (non-hydrogen) atoms. The first-order valence-electron chi connectivity index (χ1n) is 7.41. The van der Waals surface area contributed by atoms with Gasteiger partial charge in [-0.15, -0.1) is 0 Å². The summed E-state index contributed by atoms with van der Waals surface area (Å²) < 4.78 is 0. The van der Waals surface area contributed by atoms with E-state index in [1.165, 1.54) is 12.8 Å². The second kappa shape index (κ2) is 6.68. The van der Waals surface area contributed by atoms with Crippen LogP contribution in [0, 0.1) is 11.8 Å². The van der Waals surface area contributed by atoms with Gasteiger partial charge in [0, 0.05) is 32.0 Å². The Bertz CT molecular complexity index is 444. The lowest BCUT2D eigenvalue weighted by Crippen LogP contribution is -2.35. The van der Waals surface area contributed by atoms with Crippen LogP contribution in [0.1, 0.15) is 44.0 Å². The van der Waals surface area contributed by atoms with E-state index in [2.05, 4.69) is 41.0 Å². The predicted molar refractivity (Wildman–Crippen MR) is 79.8 cm³/mol. The summed E-state index contributed by atoms with van der Waals surface area (Å²) in [5.41, 5.74) is 0.527. The van der Waals surface area contributed by atoms with Crippen molar-refractivity contribution < 1.29 is 4.79 Å². The number of nitrogens with zero attached hydrogens (tertiary/aromatic N) is 3. The van der Waals surface area contributed by atoms with Crippen molar-refractivity contribution in [1.82, 2.24) is 15.3 Å². The summed E-state index contributed by atoms with van der Waals surface area (Å²) in [5.74, 6) is 1.75. The van der Waals surface area contributed by atoms with Crippen LogP contribution in [0.15, 0.2) is 12.4 Å². The van der Waals surface area contributed by atoms with Gasteiger partial charge in [0.05, 0.1) is 5.56 Å². The molecule has 0 aromatic carbocycles. The van der Waals surface area contributed by atoms with E-state index in [1.807, 2.05) is 0 Å². The fraction of sp³-hybridized carbons (Fsp3) is 0.667. The molecular formula is C15H24N4O. The first-order chi connectivity index (χ1) is 9.56. The summed E-state index contributed by atoms with van der Waals surface area (Å²) in [6.45, 7) is 9.06. The average molecular weight is 276 g/mol. The lowest BCUT2D eigenvalue weighted by molar-refractivity contribution is 0.0948. The molecule has 1 atom stereocenters. The highest BCUT2D eigenvalue weighted by Crippen LogP contribution is 2.19. The van der Waals surface area contributed by atoms with Crippen molar-refractivity contribution in [3.63, 3.8) is 0 Å². The molecule has 0 saturated carbocycles. The molecule has 1 aromatic heterocycles. The van der Waals surface area contributed by atoms with Gasteiger partial charge in [-0.25, -0.2) is 9.97 Å². The van der Waals surface area contributed by atoms with Crippen LogP contribution in [0.5, 0.6) is 0 Å². The molecule has 5 heteroatoms. The van der Waals surface area contributed by atoms with Crippen molar-refractivity contribution >= 4 is 11.9 Å². The lowest BCUT2D eigenvalue weighted by Gasteiger charge is -2.30. The number of rotatable bonds is 4. The third kappa shape index (κ3) is 3.92. The van der Waals surface area contributed by atoms with Crippen molar-refractivity contribution in [2.24, 2.45) is 11.8 Å². The van der Waals surface area contributed by atoms with E-state index in [4.69, 9.17) is 0 Å². The van der Waals surface area contributed by atoms with Gasteiger partial charge >= 0.3 is 0 Å². The third-order valence-electron chi connectivity index (χ3n) is 3.51. The molecule has 2 rings (SSSR count). The van der Waals surface area contributed by atoms with Crippen LogP contribution < -0.4 is 10.2 Å². The van der Waals surface area contributed by atoms with Crippen LogP contribution in [0.2, 0.25) is 0 Å². The van der Waals surface area contributed by atoms with E-state index in [0.29, 0.717) is 23.9 Å². The highest BCUT2D eigenvalue weighted by Gasteiger charge is 2.18. The minimum absolute atomic E-state index is 0.0998. The van der Waals surface area contributed by atoms with Crippen LogP contribution in [0.3, 0.4) is 0 Å². The number of amides is 1. The smallest absolute Gasteiger partial charge is 0.254 e. The van der Waals surface area contributed by atoms with E-state index >= 15 is 0 Å². The maximum atomic E-state index is 11.9. The fourth-order valence-electron chi connectivity index (χ4n) is 2.37. The zero-order chi connectivity index (χ0) is 14.5. The van der Waals surface area contributed by atoms with Crippen LogP contribution in [-0.4, -0.2) is 35.5 Å². The zero-order valence-electron chi connectivity index (χ0n) is 12.6. The second-order valence-electron chi connectivity index (χ2n) is 6.07. The molecule has 1 aromatic rings. The molecule has 1 amide bonds. The maximum Gasteiger partial charge on any atom is 0.254 e. The van der Waals surface area contributed by atoms with Crippen LogP contribution in [0.25, 0.3) is 0 Å². The second-order valence-corrected chi connectivity index (χ2v) is 6.07. The molecule has 2 heterocycles. The van der Waals surface area contributed by atoms with Gasteiger partial charge in [0.1, 0.15) is 0 Å². The van der Waals surface area contributed by atoms with Crippen LogP contribution in [-0.2, 0) is 0 Å². The summed E-state index contributed by atoms with van der Waals surface area (Å²) in [6, 6.07) is 0. The Morgan fingerprint density at radius 1 is 1.45 bits per heavy atom. The molecule has 0 spiro atoms. The van der Waals surface area contributed by atoms with Gasteiger partial charge in [0.15, 0.2) is 0 Å². The van der Waals surface area contributed by atoms with Crippen LogP contribution in [0.4, 0.5) is 5.95 Å². The average Bonchev–Trinajstić information content (AvgIpc) is 2.45. The number of hydrogen-bond donors (Lipinski definition) is 1. The van der Waals surface area contributed by atoms with Crippen molar-refractivity contribution in [2.75, 3.05) is 24.5 Å². The minimum Gasteiger partial charge on any atom is -0.352 e. The number of nitrogens with one attached hydrogen (secondary N) is 1. The molecule has 5 nitrogen and oxygen atoms in total. The standard InChI is InChI=1S/C15H24N4O/c1-11(2)7-16-14(20)13-8-17-15(18-9-13)19-6-4-5-12(3)10-19/h8-9,11-12H,4-7,10H2,1-3H3,(H,16,20). The minimum atomic E-state index is -0.0998. The number of hydrogen-bond acceptors (Lipinski definition) is 4. The highest BCUT2D eigenvalue weighted by molar-refractivity contribution is 5.93. The van der Waals surface area contributed by atoms with Gasteiger partial charge in [-0.3, -0.25) is 4.79 Å². The summed E-state index contributed by atoms with van der Waals surface area (Å²) in [4.78, 5) is 22.8. The zero-order valence-corrected chi connectivity index (χ0v) is 12.6. The molecule has 0 bridgehead atoms. The van der Waals surface area contributed by atoms with Crippen LogP contribution >= 0.6 is 0 Å². The quantitative estimate of drug-likeness (QED) is 0.915. The van der Waals surface area contributed by atoms with E-state index in [1.54, 1.807) is 12.4 Å². The van der Waals surface area contributed by atoms with Gasteiger partial charge in [0.25, 0.3) is 5.91 Å². The number of aromatic nitrogens is 2. The normalized spacial score (nSPS) is 19.2. The van der Waals surface area contributed by atoms with Crippen molar-refractivity contribution in [3.8, 4) is 0 Å². The lowest BCUT2D eigenvalue weighted by atomic mass is 10.0. The van der Waals surface area contributed by atoms with Crippen molar-refractivity contribution in [2.45, 2.75) is 33.6 Å². The van der Waals surface area contributed by atoms with Gasteiger partial charge in [-0.1, -0.05) is 20.8 Å². The third-order valence-corrected chi connectivity index (χ3v) is 3.51. The number of anilines is 1. The molecule has 0 radical (unpaired) electrons. The van der Waals surface area contributed by atoms with E-state index in [-0.39, 0.29) is 5.91 Å². The summed E-state index contributed by atoms with van der Waals surface area (Å²) >= 11 is 0. The molecule has 1 saturated heterocycles. The Morgan fingerprint density at radius 3 is 2.75 bits per heavy atom. The summed E-state index contributed by atoms with van der Waals surface area (Å²) in [6.07, 6.45) is 5.70. The molecule has 0 aliphatic carbocycles. The largest absolute Gasteiger partial charge is 0.352 e. The first-order valence-corrected chi connectivity index (χ1v) is 7.41. The van der Waals surface area contributed by atoms with Gasteiger partial charge in [0.2, 0.25) is 5.95 Å². The maximum absolute atomic E-state index is 11.9. The van der Waals surface area contributed by atoms with Gasteiger partial charge in [-0.2, -0.15) is 0 Å². The Kier molecular flexibility index (Phi) is 4.93. The topological polar surface area (TPSA) is 58.1 Å². The Morgan fingerprint density at radius 2 is 2.15 bits per heavy atom. The summed E-state index contributed by atoms with van der Waals surface area (Å²) in [7, 11) is 0. The molecule has 1 N–H and O–H groups in total. The van der Waals surface area contributed by atoms with E-state index in [9.17, 15) is 4.79 Å². The molecule has 110 valence electrons. The van der Waals surface area contributed by atoms with E-state index in [0.717, 1.165) is 19.0 Å². The SMILES string of the molecule is CC(C)CNC(=O)c1cnc(N2CCCC(C)C2)nc1. The molecule has 1 aliphatic heterocycles. The Labute approximate surface area is 120 Å². The molecular weight excluding hydrogens is 252 g/mol. The molecule has 1 unspecified atom stereocenters. The monoisotopic (exact) mass is 276 g/mol. The first kappa shape index (κ1) is 14.8. The number of piperidine rings is 1. The van der Waals surface area contributed by atoms with Gasteiger partial charge < -0.3 is 10.2 Å². The van der Waals surface area contributed by atoms with Crippen molar-refractivity contribution in [1.29, 1.82) is 0 Å². The van der Waals surface area contributed by atoms with E-state index < -0.39 is 0 Å². The van der Waals surface area contributed by atoms with Gasteiger partial charge in [-0.05, 0) is 24.7 Å². The Hall–Kier alpha value is -1.65. The summed E-state index contributed by atoms with van der Waals surface area (Å²) in [5, 5.41) is 2.87. The number of carbonyl (C=O) groups is 1. The fourth-order valence-corrected chi connectivity index (χ4v) is 2.37. The Balaban J connectivity index is 1.97. The predicted octanol–water partition coefficient (Wildman–Crippen LogP) is 2.10. The highest BCUT2D eigenvalue weighted by atomic mass is 16.1.